The van der Waals surface area contributed by atoms with Crippen LogP contribution in [0.5, 0.6) is 0 Å². The molecule has 1 saturated carbocycles. The van der Waals surface area contributed by atoms with Gasteiger partial charge in [-0.05, 0) is 42.3 Å². The van der Waals surface area contributed by atoms with Crippen molar-refractivity contribution in [3.05, 3.63) is 36.0 Å². The monoisotopic (exact) mass is 296 g/mol. The molecule has 1 heterocycles. The van der Waals surface area contributed by atoms with E-state index in [0.29, 0.717) is 12.6 Å². The smallest absolute Gasteiger partial charge is 0.347 e. The summed E-state index contributed by atoms with van der Waals surface area (Å²) >= 11 is 0. The minimum absolute atomic E-state index is 0.123. The highest BCUT2D eigenvalue weighted by atomic mass is 19.4. The fourth-order valence-corrected chi connectivity index (χ4v) is 2.53. The summed E-state index contributed by atoms with van der Waals surface area (Å²) in [5.74, 6) is 0. The lowest BCUT2D eigenvalue weighted by Gasteiger charge is -2.09. The molecule has 0 atom stereocenters. The van der Waals surface area contributed by atoms with Crippen LogP contribution in [0.4, 0.5) is 13.2 Å². The molecule has 5 heteroatoms. The third-order valence-corrected chi connectivity index (χ3v) is 3.87. The Morgan fingerprint density at radius 3 is 2.71 bits per heavy atom. The van der Waals surface area contributed by atoms with Gasteiger partial charge in [-0.1, -0.05) is 12.1 Å². The molecule has 3 rings (SSSR count). The highest BCUT2D eigenvalue weighted by Crippen LogP contribution is 2.24. The predicted molar refractivity (Wildman–Crippen MR) is 77.1 cm³/mol. The van der Waals surface area contributed by atoms with Gasteiger partial charge in [0.15, 0.2) is 0 Å². The van der Waals surface area contributed by atoms with E-state index in [2.05, 4.69) is 17.4 Å². The van der Waals surface area contributed by atoms with Gasteiger partial charge in [-0.25, -0.2) is 0 Å². The van der Waals surface area contributed by atoms with Crippen molar-refractivity contribution in [2.75, 3.05) is 0 Å². The second-order valence-electron chi connectivity index (χ2n) is 5.78. The first kappa shape index (κ1) is 14.4. The van der Waals surface area contributed by atoms with E-state index in [1.165, 1.54) is 18.4 Å². The van der Waals surface area contributed by atoms with Crippen molar-refractivity contribution in [2.45, 2.75) is 51.0 Å². The molecular weight excluding hydrogens is 277 g/mol. The molecule has 0 radical (unpaired) electrons. The third kappa shape index (κ3) is 4.00. The SMILES string of the molecule is FC(F)(F)CCCn1ccc2ccc(CNC3CC3)cc21. The molecule has 0 bridgehead atoms. The number of alkyl halides is 3. The zero-order chi connectivity index (χ0) is 14.9. The molecule has 0 spiro atoms. The number of fused-ring (bicyclic) bond motifs is 1. The number of hydrogen-bond acceptors (Lipinski definition) is 1. The van der Waals surface area contributed by atoms with Crippen molar-refractivity contribution in [2.24, 2.45) is 0 Å². The average molecular weight is 296 g/mol. The fraction of sp³-hybridized carbons (Fsp3) is 0.500. The lowest BCUT2D eigenvalue weighted by atomic mass is 10.1. The first-order valence-electron chi connectivity index (χ1n) is 7.39. The summed E-state index contributed by atoms with van der Waals surface area (Å²) in [4.78, 5) is 0. The zero-order valence-corrected chi connectivity index (χ0v) is 11.8. The molecule has 1 aliphatic carbocycles. The number of aromatic nitrogens is 1. The van der Waals surface area contributed by atoms with Gasteiger partial charge in [-0.2, -0.15) is 13.2 Å². The lowest BCUT2D eigenvalue weighted by molar-refractivity contribution is -0.135. The molecule has 21 heavy (non-hydrogen) atoms. The Morgan fingerprint density at radius 2 is 2.00 bits per heavy atom. The van der Waals surface area contributed by atoms with Gasteiger partial charge in [0, 0.05) is 37.3 Å². The highest BCUT2D eigenvalue weighted by Gasteiger charge is 2.26. The van der Waals surface area contributed by atoms with Crippen LogP contribution in [-0.4, -0.2) is 16.8 Å². The van der Waals surface area contributed by atoms with Crippen molar-refractivity contribution in [3.63, 3.8) is 0 Å². The summed E-state index contributed by atoms with van der Waals surface area (Å²) in [6.07, 6.45) is -0.305. The Kier molecular flexibility index (Phi) is 3.93. The van der Waals surface area contributed by atoms with E-state index >= 15 is 0 Å². The second-order valence-corrected chi connectivity index (χ2v) is 5.78. The summed E-state index contributed by atoms with van der Waals surface area (Å²) in [7, 11) is 0. The number of aryl methyl sites for hydroxylation is 1. The molecule has 1 aliphatic rings. The van der Waals surface area contributed by atoms with Crippen LogP contribution in [0.1, 0.15) is 31.2 Å². The number of nitrogens with one attached hydrogen (secondary N) is 1. The molecule has 2 nitrogen and oxygen atoms in total. The molecule has 1 aromatic carbocycles. The van der Waals surface area contributed by atoms with Gasteiger partial charge in [0.25, 0.3) is 0 Å². The number of hydrogen-bond donors (Lipinski definition) is 1. The van der Waals surface area contributed by atoms with E-state index in [-0.39, 0.29) is 6.42 Å². The first-order chi connectivity index (χ1) is 10.0. The minimum Gasteiger partial charge on any atom is -0.347 e. The number of nitrogens with zero attached hydrogens (tertiary/aromatic N) is 1. The standard InChI is InChI=1S/C16H19F3N2/c17-16(18,19)7-1-8-21-9-6-13-3-2-12(10-15(13)21)11-20-14-4-5-14/h2-3,6,9-10,14,20H,1,4-5,7-8,11H2. The van der Waals surface area contributed by atoms with Crippen LogP contribution in [0.25, 0.3) is 10.9 Å². The number of rotatable bonds is 6. The summed E-state index contributed by atoms with van der Waals surface area (Å²) in [6.45, 7) is 1.23. The Bertz CT molecular complexity index is 611. The normalized spacial score (nSPS) is 15.8. The molecule has 0 unspecified atom stereocenters. The van der Waals surface area contributed by atoms with E-state index in [4.69, 9.17) is 0 Å². The zero-order valence-electron chi connectivity index (χ0n) is 11.8. The Hall–Kier alpha value is -1.49. The van der Waals surface area contributed by atoms with Crippen LogP contribution in [0, 0.1) is 0 Å². The van der Waals surface area contributed by atoms with Gasteiger partial charge < -0.3 is 9.88 Å². The Labute approximate surface area is 121 Å². The van der Waals surface area contributed by atoms with Gasteiger partial charge in [0.1, 0.15) is 0 Å². The van der Waals surface area contributed by atoms with Gasteiger partial charge in [0.05, 0.1) is 0 Å². The third-order valence-electron chi connectivity index (χ3n) is 3.87. The summed E-state index contributed by atoms with van der Waals surface area (Å²) in [5.41, 5.74) is 2.21. The van der Waals surface area contributed by atoms with Crippen LogP contribution >= 0.6 is 0 Å². The maximum absolute atomic E-state index is 12.2. The molecule has 0 saturated heterocycles. The van der Waals surface area contributed by atoms with E-state index in [0.717, 1.165) is 17.4 Å². The Balaban J connectivity index is 1.67. The topological polar surface area (TPSA) is 17.0 Å². The Morgan fingerprint density at radius 1 is 1.19 bits per heavy atom. The molecule has 0 amide bonds. The maximum atomic E-state index is 12.2. The van der Waals surface area contributed by atoms with E-state index in [1.807, 2.05) is 22.9 Å². The summed E-state index contributed by atoms with van der Waals surface area (Å²) in [5, 5.41) is 4.53. The van der Waals surface area contributed by atoms with Crippen LogP contribution < -0.4 is 5.32 Å². The first-order valence-corrected chi connectivity index (χ1v) is 7.39. The molecule has 2 aromatic rings. The molecule has 1 fully saturated rings. The van der Waals surface area contributed by atoms with E-state index < -0.39 is 12.6 Å². The highest BCUT2D eigenvalue weighted by molar-refractivity contribution is 5.80. The predicted octanol–water partition coefficient (Wildman–Crippen LogP) is 4.24. The van der Waals surface area contributed by atoms with Crippen LogP contribution in [0.15, 0.2) is 30.5 Å². The summed E-state index contributed by atoms with van der Waals surface area (Å²) in [6, 6.07) is 8.82. The minimum atomic E-state index is -4.07. The molecule has 0 aliphatic heterocycles. The van der Waals surface area contributed by atoms with Crippen molar-refractivity contribution >= 4 is 10.9 Å². The van der Waals surface area contributed by atoms with Gasteiger partial charge >= 0.3 is 6.18 Å². The maximum Gasteiger partial charge on any atom is 0.389 e. The average Bonchev–Trinajstić information content (AvgIpc) is 3.17. The number of benzene rings is 1. The van der Waals surface area contributed by atoms with Gasteiger partial charge in [0.2, 0.25) is 0 Å². The van der Waals surface area contributed by atoms with Gasteiger partial charge in [-0.3, -0.25) is 0 Å². The molecule has 1 aromatic heterocycles. The largest absolute Gasteiger partial charge is 0.389 e. The van der Waals surface area contributed by atoms with Crippen LogP contribution in [0.2, 0.25) is 0 Å². The molecule has 1 N–H and O–H groups in total. The van der Waals surface area contributed by atoms with E-state index in [1.54, 1.807) is 0 Å². The van der Waals surface area contributed by atoms with Crippen molar-refractivity contribution in [1.82, 2.24) is 9.88 Å². The van der Waals surface area contributed by atoms with Crippen LogP contribution in [0.3, 0.4) is 0 Å². The fourth-order valence-electron chi connectivity index (χ4n) is 2.53. The summed E-state index contributed by atoms with van der Waals surface area (Å²) < 4.78 is 38.6. The van der Waals surface area contributed by atoms with Crippen LogP contribution in [-0.2, 0) is 13.1 Å². The van der Waals surface area contributed by atoms with Crippen molar-refractivity contribution in [1.29, 1.82) is 0 Å². The molecular formula is C16H19F3N2. The van der Waals surface area contributed by atoms with Crippen molar-refractivity contribution < 1.29 is 13.2 Å². The number of halogens is 3. The molecule has 114 valence electrons. The van der Waals surface area contributed by atoms with Crippen molar-refractivity contribution in [3.8, 4) is 0 Å². The lowest BCUT2D eigenvalue weighted by Crippen LogP contribution is -2.15. The second kappa shape index (κ2) is 5.72. The van der Waals surface area contributed by atoms with Gasteiger partial charge in [-0.15, -0.1) is 0 Å². The quantitative estimate of drug-likeness (QED) is 0.844. The van der Waals surface area contributed by atoms with E-state index in [9.17, 15) is 13.2 Å².